The molecule has 1 heterocycles. The minimum Gasteiger partial charge on any atom is -0.310 e. The fraction of sp³-hybridized carbons (Fsp3) is 0.500. The van der Waals surface area contributed by atoms with Gasteiger partial charge in [-0.2, -0.15) is 0 Å². The third kappa shape index (κ3) is 2.23. The number of carbonyl (C=O) groups is 1. The molecular weight excluding hydrogens is 276 g/mol. The van der Waals surface area contributed by atoms with Crippen molar-refractivity contribution < 1.29 is 13.2 Å². The lowest BCUT2D eigenvalue weighted by atomic mass is 10.1. The summed E-state index contributed by atoms with van der Waals surface area (Å²) in [6, 6.07) is 7.39. The summed E-state index contributed by atoms with van der Waals surface area (Å²) in [5, 5.41) is 3.26. The minimum atomic E-state index is -3.59. The Hall–Kier alpha value is -1.40. The molecule has 1 N–H and O–H groups in total. The van der Waals surface area contributed by atoms with Gasteiger partial charge in [0.05, 0.1) is 5.69 Å². The average molecular weight is 296 g/mol. The van der Waals surface area contributed by atoms with Crippen molar-refractivity contribution in [2.75, 3.05) is 4.31 Å². The van der Waals surface area contributed by atoms with E-state index in [0.717, 1.165) is 9.87 Å². The van der Waals surface area contributed by atoms with Crippen LogP contribution in [0.15, 0.2) is 24.3 Å². The lowest BCUT2D eigenvalue weighted by molar-refractivity contribution is -0.120. The molecule has 0 radical (unpaired) electrons. The summed E-state index contributed by atoms with van der Waals surface area (Å²) in [6.45, 7) is 7.58. The van der Waals surface area contributed by atoms with E-state index in [1.807, 2.05) is 19.9 Å². The minimum absolute atomic E-state index is 0.340. The maximum atomic E-state index is 12.1. The Balaban J connectivity index is 2.27. The monoisotopic (exact) mass is 296 g/mol. The number of carbonyl (C=O) groups excluding carboxylic acids is 1. The van der Waals surface area contributed by atoms with Crippen LogP contribution >= 0.6 is 0 Å². The van der Waals surface area contributed by atoms with Crippen LogP contribution < -0.4 is 9.62 Å². The summed E-state index contributed by atoms with van der Waals surface area (Å²) < 4.78 is 23.9. The Morgan fingerprint density at radius 2 is 1.95 bits per heavy atom. The van der Waals surface area contributed by atoms with Crippen molar-refractivity contribution in [3.8, 4) is 0 Å². The van der Waals surface area contributed by atoms with Gasteiger partial charge in [-0.15, -0.1) is 0 Å². The molecule has 0 aliphatic carbocycles. The SMILES string of the molecule is CC(C)NCc1cccc(N2C(=O)C(C)(C)S2(=O)=O)c1. The Morgan fingerprint density at radius 1 is 1.30 bits per heavy atom. The van der Waals surface area contributed by atoms with Crippen molar-refractivity contribution in [1.82, 2.24) is 5.32 Å². The summed E-state index contributed by atoms with van der Waals surface area (Å²) in [5.74, 6) is -0.383. The van der Waals surface area contributed by atoms with E-state index >= 15 is 0 Å². The second-order valence-electron chi connectivity index (χ2n) is 5.79. The molecule has 2 rings (SSSR count). The van der Waals surface area contributed by atoms with Gasteiger partial charge in [-0.05, 0) is 31.5 Å². The number of rotatable bonds is 4. The molecule has 1 aromatic carbocycles. The van der Waals surface area contributed by atoms with E-state index in [0.29, 0.717) is 18.3 Å². The highest BCUT2D eigenvalue weighted by molar-refractivity contribution is 7.98. The van der Waals surface area contributed by atoms with Gasteiger partial charge >= 0.3 is 0 Å². The predicted octanol–water partition coefficient (Wildman–Crippen LogP) is 1.64. The third-order valence-corrected chi connectivity index (χ3v) is 5.77. The largest absolute Gasteiger partial charge is 0.310 e. The van der Waals surface area contributed by atoms with Crippen molar-refractivity contribution in [3.05, 3.63) is 29.8 Å². The first-order chi connectivity index (χ1) is 9.18. The Bertz CT molecular complexity index is 636. The maximum Gasteiger partial charge on any atom is 0.263 e. The highest BCUT2D eigenvalue weighted by atomic mass is 32.2. The second-order valence-corrected chi connectivity index (χ2v) is 8.13. The van der Waals surface area contributed by atoms with Crippen molar-refractivity contribution in [3.63, 3.8) is 0 Å². The highest BCUT2D eigenvalue weighted by Gasteiger charge is 2.60. The molecule has 1 fully saturated rings. The molecule has 1 amide bonds. The molecule has 20 heavy (non-hydrogen) atoms. The van der Waals surface area contributed by atoms with Crippen molar-refractivity contribution >= 4 is 21.6 Å². The van der Waals surface area contributed by atoms with Crippen LogP contribution in [0.1, 0.15) is 33.3 Å². The van der Waals surface area contributed by atoms with Crippen LogP contribution in [0.25, 0.3) is 0 Å². The summed E-state index contributed by atoms with van der Waals surface area (Å²) in [6.07, 6.45) is 0. The molecular formula is C14H20N2O3S. The molecule has 1 aliphatic rings. The van der Waals surface area contributed by atoms with E-state index in [9.17, 15) is 13.2 Å². The number of benzene rings is 1. The van der Waals surface area contributed by atoms with Gasteiger partial charge in [0.25, 0.3) is 15.9 Å². The van der Waals surface area contributed by atoms with Gasteiger partial charge in [0.1, 0.15) is 0 Å². The van der Waals surface area contributed by atoms with Crippen molar-refractivity contribution in [2.24, 2.45) is 0 Å². The predicted molar refractivity (Wildman–Crippen MR) is 78.9 cm³/mol. The summed E-state index contributed by atoms with van der Waals surface area (Å²) in [5.41, 5.74) is 1.36. The Kier molecular flexibility index (Phi) is 3.64. The number of nitrogens with zero attached hydrogens (tertiary/aromatic N) is 1. The molecule has 5 nitrogen and oxygen atoms in total. The van der Waals surface area contributed by atoms with Crippen LogP contribution in [0.2, 0.25) is 0 Å². The first kappa shape index (κ1) is 15.0. The lowest BCUT2D eigenvalue weighted by Crippen LogP contribution is -2.67. The molecule has 0 bridgehead atoms. The second kappa shape index (κ2) is 4.86. The normalized spacial score (nSPS) is 20.1. The van der Waals surface area contributed by atoms with Gasteiger partial charge in [-0.25, -0.2) is 12.7 Å². The maximum absolute atomic E-state index is 12.1. The van der Waals surface area contributed by atoms with E-state index in [1.165, 1.54) is 13.8 Å². The first-order valence-corrected chi connectivity index (χ1v) is 8.03. The smallest absolute Gasteiger partial charge is 0.263 e. The topological polar surface area (TPSA) is 66.5 Å². The quantitative estimate of drug-likeness (QED) is 0.917. The molecule has 1 aliphatic heterocycles. The summed E-state index contributed by atoms with van der Waals surface area (Å²) in [4.78, 5) is 12.0. The molecule has 1 aromatic rings. The van der Waals surface area contributed by atoms with Gasteiger partial charge in [0, 0.05) is 12.6 Å². The number of hydrogen-bond donors (Lipinski definition) is 1. The number of amides is 1. The van der Waals surface area contributed by atoms with Crippen molar-refractivity contribution in [1.29, 1.82) is 0 Å². The summed E-state index contributed by atoms with van der Waals surface area (Å²) >= 11 is 0. The standard InChI is InChI=1S/C14H20N2O3S/c1-10(2)15-9-11-6-5-7-12(8-11)16-13(17)14(3,4)20(16,18)19/h5-8,10,15H,9H2,1-4H3. The zero-order chi connectivity index (χ0) is 15.1. The van der Waals surface area contributed by atoms with Gasteiger partial charge < -0.3 is 5.32 Å². The zero-order valence-electron chi connectivity index (χ0n) is 12.2. The fourth-order valence-electron chi connectivity index (χ4n) is 2.02. The molecule has 0 spiro atoms. The lowest BCUT2D eigenvalue weighted by Gasteiger charge is -2.42. The zero-order valence-corrected chi connectivity index (χ0v) is 13.0. The third-order valence-electron chi connectivity index (χ3n) is 3.44. The number of sulfonamides is 1. The van der Waals surface area contributed by atoms with Crippen LogP contribution in [0.3, 0.4) is 0 Å². The van der Waals surface area contributed by atoms with Gasteiger partial charge in [0.15, 0.2) is 4.75 Å². The van der Waals surface area contributed by atoms with E-state index in [2.05, 4.69) is 5.32 Å². The average Bonchev–Trinajstić information content (AvgIpc) is 2.36. The van der Waals surface area contributed by atoms with Crippen LogP contribution in [-0.2, 0) is 21.4 Å². The Labute approximate surface area is 120 Å². The molecule has 110 valence electrons. The van der Waals surface area contributed by atoms with E-state index in [1.54, 1.807) is 18.2 Å². The number of hydrogen-bond acceptors (Lipinski definition) is 4. The van der Waals surface area contributed by atoms with Crippen LogP contribution in [-0.4, -0.2) is 25.1 Å². The molecule has 0 atom stereocenters. The Morgan fingerprint density at radius 3 is 2.50 bits per heavy atom. The van der Waals surface area contributed by atoms with Crippen molar-refractivity contribution in [2.45, 2.75) is 45.0 Å². The number of anilines is 1. The molecule has 6 heteroatoms. The van der Waals surface area contributed by atoms with E-state index in [-0.39, 0.29) is 5.91 Å². The first-order valence-electron chi connectivity index (χ1n) is 6.59. The van der Waals surface area contributed by atoms with Crippen LogP contribution in [0, 0.1) is 0 Å². The molecule has 0 saturated carbocycles. The highest BCUT2D eigenvalue weighted by Crippen LogP contribution is 2.39. The van der Waals surface area contributed by atoms with Gasteiger partial charge in [0.2, 0.25) is 0 Å². The number of nitrogens with one attached hydrogen (secondary N) is 1. The van der Waals surface area contributed by atoms with Crippen LogP contribution in [0.4, 0.5) is 5.69 Å². The fourth-order valence-corrected chi connectivity index (χ4v) is 3.50. The van der Waals surface area contributed by atoms with Crippen LogP contribution in [0.5, 0.6) is 0 Å². The molecule has 0 aromatic heterocycles. The molecule has 1 saturated heterocycles. The van der Waals surface area contributed by atoms with Gasteiger partial charge in [-0.1, -0.05) is 26.0 Å². The van der Waals surface area contributed by atoms with E-state index < -0.39 is 14.8 Å². The molecule has 0 unspecified atom stereocenters. The van der Waals surface area contributed by atoms with Gasteiger partial charge in [-0.3, -0.25) is 4.79 Å². The summed E-state index contributed by atoms with van der Waals surface area (Å²) in [7, 11) is -3.59. The van der Waals surface area contributed by atoms with E-state index in [4.69, 9.17) is 0 Å².